The van der Waals surface area contributed by atoms with Gasteiger partial charge in [0.15, 0.2) is 0 Å². The molecule has 2 rings (SSSR count). The first kappa shape index (κ1) is 16.7. The van der Waals surface area contributed by atoms with Gasteiger partial charge >= 0.3 is 0 Å². The van der Waals surface area contributed by atoms with Crippen molar-refractivity contribution in [3.63, 3.8) is 0 Å². The van der Waals surface area contributed by atoms with E-state index in [2.05, 4.69) is 11.6 Å². The van der Waals surface area contributed by atoms with Gasteiger partial charge < -0.3 is 10.2 Å². The minimum atomic E-state index is -0.556. The van der Waals surface area contributed by atoms with Crippen molar-refractivity contribution < 1.29 is 9.59 Å². The molecule has 0 bridgehead atoms. The van der Waals surface area contributed by atoms with Gasteiger partial charge in [0.25, 0.3) is 0 Å². The maximum atomic E-state index is 12.9. The number of nitrogens with one attached hydrogen (secondary N) is 1. The molecule has 5 heteroatoms. The summed E-state index contributed by atoms with van der Waals surface area (Å²) in [5.41, 5.74) is -0.556. The van der Waals surface area contributed by atoms with E-state index in [1.807, 2.05) is 18.7 Å². The van der Waals surface area contributed by atoms with Crippen LogP contribution >= 0.6 is 11.8 Å². The van der Waals surface area contributed by atoms with Gasteiger partial charge in [0.05, 0.1) is 0 Å². The van der Waals surface area contributed by atoms with Gasteiger partial charge in [-0.3, -0.25) is 9.59 Å². The molecule has 2 fully saturated rings. The van der Waals surface area contributed by atoms with E-state index in [9.17, 15) is 9.59 Å². The lowest BCUT2D eigenvalue weighted by molar-refractivity contribution is -0.161. The summed E-state index contributed by atoms with van der Waals surface area (Å²) < 4.78 is 0. The fraction of sp³-hybridized carbons (Fsp3) is 0.875. The Hall–Kier alpha value is -0.710. The zero-order chi connectivity index (χ0) is 15.5. The summed E-state index contributed by atoms with van der Waals surface area (Å²) >= 11 is 1.80. The quantitative estimate of drug-likeness (QED) is 0.793. The molecule has 120 valence electrons. The number of carbonyl (C=O) groups excluding carboxylic acids is 2. The van der Waals surface area contributed by atoms with Gasteiger partial charge in [0.1, 0.15) is 11.6 Å². The summed E-state index contributed by atoms with van der Waals surface area (Å²) in [7, 11) is 0. The van der Waals surface area contributed by atoms with E-state index < -0.39 is 5.54 Å². The average molecular weight is 312 g/mol. The lowest BCUT2D eigenvalue weighted by atomic mass is 9.76. The lowest BCUT2D eigenvalue weighted by Gasteiger charge is -2.50. The topological polar surface area (TPSA) is 49.4 Å². The van der Waals surface area contributed by atoms with Crippen LogP contribution in [0.3, 0.4) is 0 Å². The molecule has 0 aromatic heterocycles. The number of hydrogen-bond acceptors (Lipinski definition) is 3. The fourth-order valence-electron chi connectivity index (χ4n) is 3.62. The summed E-state index contributed by atoms with van der Waals surface area (Å²) in [5.74, 6) is 1.40. The zero-order valence-electron chi connectivity index (χ0n) is 13.5. The second-order valence-corrected chi connectivity index (χ2v) is 7.61. The largest absolute Gasteiger partial charge is 0.342 e. The van der Waals surface area contributed by atoms with Crippen LogP contribution in [0.25, 0.3) is 0 Å². The van der Waals surface area contributed by atoms with Crippen LogP contribution in [0, 0.1) is 5.92 Å². The molecule has 0 aromatic carbocycles. The molecular weight excluding hydrogens is 284 g/mol. The van der Waals surface area contributed by atoms with Crippen LogP contribution in [0.2, 0.25) is 0 Å². The average Bonchev–Trinajstić information content (AvgIpc) is 2.47. The monoisotopic (exact) mass is 312 g/mol. The summed E-state index contributed by atoms with van der Waals surface area (Å²) in [4.78, 5) is 27.6. The third kappa shape index (κ3) is 3.22. The van der Waals surface area contributed by atoms with Gasteiger partial charge in [0, 0.05) is 6.54 Å². The van der Waals surface area contributed by atoms with Crippen LogP contribution < -0.4 is 5.32 Å². The molecule has 21 heavy (non-hydrogen) atoms. The Bertz CT molecular complexity index is 392. The fourth-order valence-corrected chi connectivity index (χ4v) is 4.03. The number of rotatable bonds is 5. The first-order valence-corrected chi connectivity index (χ1v) is 9.53. The summed E-state index contributed by atoms with van der Waals surface area (Å²) in [5, 5.41) is 3.01. The molecule has 1 heterocycles. The van der Waals surface area contributed by atoms with Crippen LogP contribution in [0.15, 0.2) is 0 Å². The highest BCUT2D eigenvalue weighted by Crippen LogP contribution is 2.37. The molecule has 1 saturated heterocycles. The van der Waals surface area contributed by atoms with Crippen molar-refractivity contribution in [1.82, 2.24) is 10.2 Å². The molecular formula is C16H28N2O2S. The first-order chi connectivity index (χ1) is 10.0. The minimum Gasteiger partial charge on any atom is -0.342 e. The summed E-state index contributed by atoms with van der Waals surface area (Å²) in [6.07, 6.45) is 7.97. The third-order valence-electron chi connectivity index (χ3n) is 4.84. The Labute approximate surface area is 132 Å². The van der Waals surface area contributed by atoms with Gasteiger partial charge in [-0.25, -0.2) is 0 Å². The summed E-state index contributed by atoms with van der Waals surface area (Å²) in [6, 6.07) is -0.348. The molecule has 1 unspecified atom stereocenters. The van der Waals surface area contributed by atoms with Crippen molar-refractivity contribution in [2.75, 3.05) is 18.6 Å². The Balaban J connectivity index is 2.23. The predicted octanol–water partition coefficient (Wildman–Crippen LogP) is 2.43. The molecule has 1 saturated carbocycles. The number of hydrogen-bond donors (Lipinski definition) is 1. The van der Waals surface area contributed by atoms with Crippen molar-refractivity contribution in [3.05, 3.63) is 0 Å². The second kappa shape index (κ2) is 7.03. The number of nitrogens with zero attached hydrogens (tertiary/aromatic N) is 1. The Morgan fingerprint density at radius 3 is 2.52 bits per heavy atom. The van der Waals surface area contributed by atoms with Gasteiger partial charge in [-0.15, -0.1) is 0 Å². The van der Waals surface area contributed by atoms with Crippen LogP contribution in [0.5, 0.6) is 0 Å². The number of thioether (sulfide) groups is 1. The molecule has 1 aliphatic heterocycles. The highest BCUT2D eigenvalue weighted by atomic mass is 32.2. The minimum absolute atomic E-state index is 0.0876. The molecule has 4 nitrogen and oxygen atoms in total. The molecule has 2 amide bonds. The molecule has 0 radical (unpaired) electrons. The first-order valence-electron chi connectivity index (χ1n) is 8.14. The van der Waals surface area contributed by atoms with E-state index in [1.165, 1.54) is 6.42 Å². The molecule has 0 aromatic rings. The SMILES string of the molecule is CSCCCN1C(=O)C(C(C)C)NC(=O)C12CCCCC2. The van der Waals surface area contributed by atoms with Gasteiger partial charge in [0.2, 0.25) is 11.8 Å². The number of carbonyl (C=O) groups is 2. The van der Waals surface area contributed by atoms with Gasteiger partial charge in [-0.05, 0) is 37.2 Å². The van der Waals surface area contributed by atoms with Crippen LogP contribution in [-0.4, -0.2) is 46.8 Å². The smallest absolute Gasteiger partial charge is 0.246 e. The van der Waals surface area contributed by atoms with Crippen molar-refractivity contribution in [1.29, 1.82) is 0 Å². The highest BCUT2D eigenvalue weighted by molar-refractivity contribution is 7.98. The Morgan fingerprint density at radius 2 is 1.95 bits per heavy atom. The van der Waals surface area contributed by atoms with E-state index in [-0.39, 0.29) is 23.8 Å². The second-order valence-electron chi connectivity index (χ2n) is 6.62. The zero-order valence-corrected chi connectivity index (χ0v) is 14.3. The number of piperazine rings is 1. The predicted molar refractivity (Wildman–Crippen MR) is 87.3 cm³/mol. The van der Waals surface area contributed by atoms with E-state index in [1.54, 1.807) is 11.8 Å². The molecule has 1 N–H and O–H groups in total. The molecule has 2 aliphatic rings. The normalized spacial score (nSPS) is 25.5. The molecule has 1 aliphatic carbocycles. The van der Waals surface area contributed by atoms with Crippen LogP contribution in [-0.2, 0) is 9.59 Å². The summed E-state index contributed by atoms with van der Waals surface area (Å²) in [6.45, 7) is 4.72. The standard InChI is InChI=1S/C16H28N2O2S/c1-12(2)13-14(19)18(10-7-11-21-3)16(15(20)17-13)8-5-4-6-9-16/h12-13H,4-11H2,1-3H3,(H,17,20). The van der Waals surface area contributed by atoms with E-state index in [4.69, 9.17) is 0 Å². The molecule has 1 spiro atoms. The van der Waals surface area contributed by atoms with Crippen molar-refractivity contribution in [3.8, 4) is 0 Å². The Kier molecular flexibility index (Phi) is 5.58. The lowest BCUT2D eigenvalue weighted by Crippen LogP contribution is -2.72. The van der Waals surface area contributed by atoms with Crippen molar-refractivity contribution in [2.24, 2.45) is 5.92 Å². The molecule has 1 atom stereocenters. The van der Waals surface area contributed by atoms with E-state index in [0.717, 1.165) is 44.4 Å². The third-order valence-corrected chi connectivity index (χ3v) is 5.53. The van der Waals surface area contributed by atoms with E-state index >= 15 is 0 Å². The van der Waals surface area contributed by atoms with E-state index in [0.29, 0.717) is 0 Å². The van der Waals surface area contributed by atoms with Crippen LogP contribution in [0.1, 0.15) is 52.4 Å². The van der Waals surface area contributed by atoms with Gasteiger partial charge in [-0.1, -0.05) is 33.1 Å². The van der Waals surface area contributed by atoms with Crippen LogP contribution in [0.4, 0.5) is 0 Å². The maximum Gasteiger partial charge on any atom is 0.246 e. The Morgan fingerprint density at radius 1 is 1.29 bits per heavy atom. The highest BCUT2D eigenvalue weighted by Gasteiger charge is 2.52. The number of amides is 2. The maximum absolute atomic E-state index is 12.9. The van der Waals surface area contributed by atoms with Crippen molar-refractivity contribution in [2.45, 2.75) is 64.0 Å². The van der Waals surface area contributed by atoms with Gasteiger partial charge in [-0.2, -0.15) is 11.8 Å². The van der Waals surface area contributed by atoms with Crippen molar-refractivity contribution >= 4 is 23.6 Å².